The highest BCUT2D eigenvalue weighted by molar-refractivity contribution is 6.30. The van der Waals surface area contributed by atoms with Crippen molar-refractivity contribution in [3.8, 4) is 0 Å². The highest BCUT2D eigenvalue weighted by Crippen LogP contribution is 2.19. The molecule has 0 saturated heterocycles. The third-order valence-corrected chi connectivity index (χ3v) is 3.68. The van der Waals surface area contributed by atoms with Crippen molar-refractivity contribution in [2.45, 2.75) is 26.7 Å². The Kier molecular flexibility index (Phi) is 4.56. The summed E-state index contributed by atoms with van der Waals surface area (Å²) in [5.74, 6) is -0.517. The maximum Gasteiger partial charge on any atom is 0.145 e. The second-order valence-corrected chi connectivity index (χ2v) is 5.43. The van der Waals surface area contributed by atoms with Gasteiger partial charge in [0.2, 0.25) is 0 Å². The van der Waals surface area contributed by atoms with Crippen LogP contribution in [0.3, 0.4) is 0 Å². The summed E-state index contributed by atoms with van der Waals surface area (Å²) >= 11 is 5.71. The number of rotatable bonds is 4. The number of hydrogen-bond donors (Lipinski definition) is 0. The summed E-state index contributed by atoms with van der Waals surface area (Å²) in [6, 6.07) is 10.7. The lowest BCUT2D eigenvalue weighted by Crippen LogP contribution is -2.08. The molecule has 0 aliphatic carbocycles. The summed E-state index contributed by atoms with van der Waals surface area (Å²) in [5, 5.41) is 0.0569. The second kappa shape index (κ2) is 6.19. The molecule has 2 rings (SSSR count). The molecule has 0 fully saturated rings. The lowest BCUT2D eigenvalue weighted by atomic mass is 9.99. The van der Waals surface area contributed by atoms with Crippen molar-refractivity contribution in [2.75, 3.05) is 0 Å². The zero-order chi connectivity index (χ0) is 14.7. The van der Waals surface area contributed by atoms with Gasteiger partial charge in [-0.15, -0.1) is 0 Å². The Balaban J connectivity index is 2.09. The summed E-state index contributed by atoms with van der Waals surface area (Å²) in [5.41, 5.74) is 3.66. The maximum atomic E-state index is 13.7. The number of aryl methyl sites for hydroxylation is 2. The predicted molar refractivity (Wildman–Crippen MR) is 79.7 cm³/mol. The highest BCUT2D eigenvalue weighted by Gasteiger charge is 2.11. The summed E-state index contributed by atoms with van der Waals surface area (Å²) in [4.78, 5) is 12.0. The zero-order valence-corrected chi connectivity index (χ0v) is 12.3. The van der Waals surface area contributed by atoms with Gasteiger partial charge in [0.05, 0.1) is 5.02 Å². The van der Waals surface area contributed by atoms with Gasteiger partial charge in [0, 0.05) is 12.8 Å². The van der Waals surface area contributed by atoms with Crippen molar-refractivity contribution in [3.05, 3.63) is 69.5 Å². The number of hydrogen-bond acceptors (Lipinski definition) is 1. The van der Waals surface area contributed by atoms with Gasteiger partial charge in [-0.2, -0.15) is 0 Å². The van der Waals surface area contributed by atoms with E-state index in [9.17, 15) is 9.18 Å². The molecule has 0 unspecified atom stereocenters. The molecule has 0 aliphatic rings. The zero-order valence-electron chi connectivity index (χ0n) is 11.5. The van der Waals surface area contributed by atoms with Crippen LogP contribution >= 0.6 is 11.6 Å². The number of carbonyl (C=O) groups is 1. The molecule has 0 bridgehead atoms. The minimum Gasteiger partial charge on any atom is -0.299 e. The number of carbonyl (C=O) groups excluding carboxylic acids is 1. The van der Waals surface area contributed by atoms with Gasteiger partial charge in [-0.1, -0.05) is 41.9 Å². The fraction of sp³-hybridized carbons (Fsp3) is 0.235. The minimum atomic E-state index is -0.498. The minimum absolute atomic E-state index is 0.0191. The van der Waals surface area contributed by atoms with Gasteiger partial charge in [0.1, 0.15) is 11.6 Å². The lowest BCUT2D eigenvalue weighted by Gasteiger charge is -2.06. The summed E-state index contributed by atoms with van der Waals surface area (Å²) in [7, 11) is 0. The molecule has 0 heterocycles. The Morgan fingerprint density at radius 2 is 1.85 bits per heavy atom. The van der Waals surface area contributed by atoms with Gasteiger partial charge < -0.3 is 0 Å². The second-order valence-electron chi connectivity index (χ2n) is 5.02. The Bertz CT molecular complexity index is 649. The molecule has 104 valence electrons. The van der Waals surface area contributed by atoms with Gasteiger partial charge in [-0.25, -0.2) is 4.39 Å². The molecule has 20 heavy (non-hydrogen) atoms. The number of ketones is 1. The van der Waals surface area contributed by atoms with Gasteiger partial charge in [-0.05, 0) is 42.2 Å². The van der Waals surface area contributed by atoms with Gasteiger partial charge >= 0.3 is 0 Å². The first-order valence-electron chi connectivity index (χ1n) is 6.48. The molecule has 0 N–H and O–H groups in total. The molecule has 0 radical (unpaired) electrons. The highest BCUT2D eigenvalue weighted by atomic mass is 35.5. The van der Waals surface area contributed by atoms with Gasteiger partial charge in [-0.3, -0.25) is 4.79 Å². The van der Waals surface area contributed by atoms with Gasteiger partial charge in [0.25, 0.3) is 0 Å². The molecule has 0 spiro atoms. The van der Waals surface area contributed by atoms with Crippen LogP contribution in [-0.2, 0) is 17.6 Å². The predicted octanol–water partition coefficient (Wildman–Crippen LogP) is 4.45. The van der Waals surface area contributed by atoms with Crippen LogP contribution in [0.15, 0.2) is 36.4 Å². The van der Waals surface area contributed by atoms with Crippen LogP contribution in [0.5, 0.6) is 0 Å². The van der Waals surface area contributed by atoms with E-state index < -0.39 is 5.82 Å². The summed E-state index contributed by atoms with van der Waals surface area (Å²) in [6.07, 6.45) is 0.381. The smallest absolute Gasteiger partial charge is 0.145 e. The fourth-order valence-corrected chi connectivity index (χ4v) is 2.30. The first-order chi connectivity index (χ1) is 9.47. The van der Waals surface area contributed by atoms with Crippen molar-refractivity contribution in [2.24, 2.45) is 0 Å². The van der Waals surface area contributed by atoms with E-state index in [4.69, 9.17) is 11.6 Å². The molecule has 1 nitrogen and oxygen atoms in total. The quantitative estimate of drug-likeness (QED) is 0.813. The SMILES string of the molecule is Cc1ccc(CC(=O)Cc2cccc(Cl)c2F)cc1C. The monoisotopic (exact) mass is 290 g/mol. The molecular formula is C17H16ClFO. The van der Waals surface area contributed by atoms with Crippen molar-refractivity contribution in [1.29, 1.82) is 0 Å². The topological polar surface area (TPSA) is 17.1 Å². The Morgan fingerprint density at radius 1 is 1.10 bits per heavy atom. The molecular weight excluding hydrogens is 275 g/mol. The third kappa shape index (κ3) is 3.45. The first-order valence-corrected chi connectivity index (χ1v) is 6.86. The van der Waals surface area contributed by atoms with Crippen LogP contribution in [0.1, 0.15) is 22.3 Å². The average molecular weight is 291 g/mol. The van der Waals surface area contributed by atoms with E-state index in [2.05, 4.69) is 0 Å². The van der Waals surface area contributed by atoms with Crippen LogP contribution in [-0.4, -0.2) is 5.78 Å². The van der Waals surface area contributed by atoms with Crippen molar-refractivity contribution in [3.63, 3.8) is 0 Å². The van der Waals surface area contributed by atoms with Crippen LogP contribution in [0.25, 0.3) is 0 Å². The molecule has 0 aliphatic heterocycles. The molecule has 2 aromatic rings. The summed E-state index contributed by atoms with van der Waals surface area (Å²) < 4.78 is 13.7. The van der Waals surface area contributed by atoms with Crippen LogP contribution in [0.2, 0.25) is 5.02 Å². The van der Waals surface area contributed by atoms with E-state index in [-0.39, 0.29) is 17.2 Å². The fourth-order valence-electron chi connectivity index (χ4n) is 2.10. The third-order valence-electron chi connectivity index (χ3n) is 3.39. The van der Waals surface area contributed by atoms with Crippen LogP contribution in [0, 0.1) is 19.7 Å². The molecule has 0 aromatic heterocycles. The number of Topliss-reactive ketones (excluding diaryl/α,β-unsaturated/α-hetero) is 1. The average Bonchev–Trinajstić information content (AvgIpc) is 2.39. The van der Waals surface area contributed by atoms with Crippen molar-refractivity contribution < 1.29 is 9.18 Å². The Hall–Kier alpha value is -1.67. The Labute approximate surface area is 123 Å². The van der Waals surface area contributed by atoms with E-state index >= 15 is 0 Å². The van der Waals surface area contributed by atoms with Crippen molar-refractivity contribution in [1.82, 2.24) is 0 Å². The lowest BCUT2D eigenvalue weighted by molar-refractivity contribution is -0.117. The van der Waals surface area contributed by atoms with Crippen LogP contribution in [0.4, 0.5) is 4.39 Å². The standard InChI is InChI=1S/C17H16ClFO/c1-11-6-7-13(8-12(11)2)9-15(20)10-14-4-3-5-16(18)17(14)19/h3-8H,9-10H2,1-2H3. The molecule has 2 aromatic carbocycles. The van der Waals surface area contributed by atoms with E-state index in [1.54, 1.807) is 12.1 Å². The molecule has 0 saturated carbocycles. The number of halogens is 2. The van der Waals surface area contributed by atoms with E-state index in [0.717, 1.165) is 11.1 Å². The number of benzene rings is 2. The van der Waals surface area contributed by atoms with E-state index in [1.165, 1.54) is 11.6 Å². The van der Waals surface area contributed by atoms with E-state index in [0.29, 0.717) is 12.0 Å². The van der Waals surface area contributed by atoms with Crippen LogP contribution < -0.4 is 0 Å². The molecule has 0 atom stereocenters. The Morgan fingerprint density at radius 3 is 2.55 bits per heavy atom. The van der Waals surface area contributed by atoms with E-state index in [1.807, 2.05) is 32.0 Å². The first kappa shape index (κ1) is 14.7. The molecule has 3 heteroatoms. The normalized spacial score (nSPS) is 10.6. The maximum absolute atomic E-state index is 13.7. The van der Waals surface area contributed by atoms with Crippen molar-refractivity contribution >= 4 is 17.4 Å². The molecule has 0 amide bonds. The van der Waals surface area contributed by atoms with Gasteiger partial charge in [0.15, 0.2) is 0 Å². The largest absolute Gasteiger partial charge is 0.299 e. The summed E-state index contributed by atoms with van der Waals surface area (Å²) in [6.45, 7) is 4.04.